The molecule has 0 aliphatic heterocycles. The van der Waals surface area contributed by atoms with Crippen LogP contribution in [-0.4, -0.2) is 9.78 Å². The Balaban J connectivity index is 2.40. The van der Waals surface area contributed by atoms with Crippen LogP contribution in [0.25, 0.3) is 0 Å². The number of aryl methyl sites for hydroxylation is 1. The van der Waals surface area contributed by atoms with E-state index in [-0.39, 0.29) is 6.04 Å². The largest absolute Gasteiger partial charge is 0.384 e. The van der Waals surface area contributed by atoms with Crippen molar-refractivity contribution in [2.24, 2.45) is 0 Å². The molecule has 0 amide bonds. The molecule has 1 aromatic carbocycles. The van der Waals surface area contributed by atoms with Crippen molar-refractivity contribution in [2.45, 2.75) is 19.9 Å². The Morgan fingerprint density at radius 3 is 2.53 bits per heavy atom. The zero-order valence-corrected chi connectivity index (χ0v) is 11.1. The highest BCUT2D eigenvalue weighted by atomic mass is 35.5. The third-order valence-electron chi connectivity index (χ3n) is 2.82. The number of nitrogens with zero attached hydrogens (tertiary/aromatic N) is 2. The average molecular weight is 270 g/mol. The van der Waals surface area contributed by atoms with E-state index in [1.54, 1.807) is 16.9 Å². The van der Waals surface area contributed by atoms with Gasteiger partial charge in [0.15, 0.2) is 0 Å². The van der Waals surface area contributed by atoms with Crippen molar-refractivity contribution in [2.75, 3.05) is 5.73 Å². The van der Waals surface area contributed by atoms with E-state index >= 15 is 0 Å². The number of hydrogen-bond donors (Lipinski definition) is 1. The van der Waals surface area contributed by atoms with Crippen LogP contribution >= 0.6 is 23.2 Å². The number of benzene rings is 1. The Morgan fingerprint density at radius 1 is 1.29 bits per heavy atom. The minimum Gasteiger partial charge on any atom is -0.384 e. The van der Waals surface area contributed by atoms with Gasteiger partial charge in [-0.3, -0.25) is 0 Å². The van der Waals surface area contributed by atoms with Crippen molar-refractivity contribution < 1.29 is 0 Å². The molecule has 3 nitrogen and oxygen atoms in total. The lowest BCUT2D eigenvalue weighted by Crippen LogP contribution is -2.11. The monoisotopic (exact) mass is 269 g/mol. The van der Waals surface area contributed by atoms with Crippen LogP contribution in [0.2, 0.25) is 10.0 Å². The zero-order valence-electron chi connectivity index (χ0n) is 9.61. The number of nitrogens with two attached hydrogens (primary N) is 1. The quantitative estimate of drug-likeness (QED) is 0.904. The maximum absolute atomic E-state index is 6.00. The second-order valence-electron chi connectivity index (χ2n) is 4.01. The lowest BCUT2D eigenvalue weighted by molar-refractivity contribution is 0.573. The molecule has 0 bridgehead atoms. The Labute approximate surface area is 110 Å². The Morgan fingerprint density at radius 2 is 2.00 bits per heavy atom. The van der Waals surface area contributed by atoms with Crippen molar-refractivity contribution in [1.82, 2.24) is 9.78 Å². The highest BCUT2D eigenvalue weighted by molar-refractivity contribution is 6.42. The molecule has 1 atom stereocenters. The van der Waals surface area contributed by atoms with Gasteiger partial charge in [0, 0.05) is 5.56 Å². The summed E-state index contributed by atoms with van der Waals surface area (Å²) in [5.41, 5.74) is 7.94. The van der Waals surface area contributed by atoms with Crippen LogP contribution in [0.5, 0.6) is 0 Å². The van der Waals surface area contributed by atoms with E-state index in [0.29, 0.717) is 15.9 Å². The first-order valence-corrected chi connectivity index (χ1v) is 6.01. The van der Waals surface area contributed by atoms with Gasteiger partial charge < -0.3 is 5.73 Å². The molecule has 1 heterocycles. The molecular weight excluding hydrogens is 257 g/mol. The van der Waals surface area contributed by atoms with Crippen molar-refractivity contribution in [3.8, 4) is 0 Å². The summed E-state index contributed by atoms with van der Waals surface area (Å²) in [7, 11) is 0. The van der Waals surface area contributed by atoms with Crippen molar-refractivity contribution in [3.63, 3.8) is 0 Å². The molecule has 0 aliphatic rings. The van der Waals surface area contributed by atoms with E-state index in [0.717, 1.165) is 11.1 Å². The Bertz CT molecular complexity index is 549. The van der Waals surface area contributed by atoms with Gasteiger partial charge in [0.25, 0.3) is 0 Å². The van der Waals surface area contributed by atoms with Crippen molar-refractivity contribution >= 4 is 29.0 Å². The number of aromatic nitrogens is 2. The molecule has 0 spiro atoms. The molecule has 5 heteroatoms. The second-order valence-corrected chi connectivity index (χ2v) is 4.82. The molecule has 1 unspecified atom stereocenters. The summed E-state index contributed by atoms with van der Waals surface area (Å²) in [5, 5.41) is 5.35. The molecule has 1 aromatic heterocycles. The topological polar surface area (TPSA) is 43.8 Å². The maximum Gasteiger partial charge on any atom is 0.125 e. The first-order valence-electron chi connectivity index (χ1n) is 5.25. The van der Waals surface area contributed by atoms with Crippen LogP contribution < -0.4 is 5.73 Å². The first-order chi connectivity index (χ1) is 8.00. The van der Waals surface area contributed by atoms with Crippen LogP contribution in [0.3, 0.4) is 0 Å². The van der Waals surface area contributed by atoms with E-state index in [9.17, 15) is 0 Å². The molecule has 2 rings (SSSR count). The molecular formula is C12H13Cl2N3. The molecule has 0 saturated carbocycles. The molecule has 0 saturated heterocycles. The number of halogens is 2. The van der Waals surface area contributed by atoms with Crippen molar-refractivity contribution in [1.29, 1.82) is 0 Å². The van der Waals surface area contributed by atoms with Gasteiger partial charge in [-0.05, 0) is 31.5 Å². The van der Waals surface area contributed by atoms with Gasteiger partial charge >= 0.3 is 0 Å². The van der Waals surface area contributed by atoms with Gasteiger partial charge in [0.1, 0.15) is 5.82 Å². The van der Waals surface area contributed by atoms with Gasteiger partial charge in [0.2, 0.25) is 0 Å². The van der Waals surface area contributed by atoms with Gasteiger partial charge in [-0.2, -0.15) is 5.10 Å². The minimum absolute atomic E-state index is 0.0264. The first kappa shape index (κ1) is 12.3. The lowest BCUT2D eigenvalue weighted by atomic mass is 10.1. The van der Waals surface area contributed by atoms with Gasteiger partial charge in [-0.15, -0.1) is 0 Å². The van der Waals surface area contributed by atoms with E-state index in [2.05, 4.69) is 5.10 Å². The third-order valence-corrected chi connectivity index (χ3v) is 3.56. The summed E-state index contributed by atoms with van der Waals surface area (Å²) in [6.45, 7) is 3.95. The van der Waals surface area contributed by atoms with E-state index < -0.39 is 0 Å². The van der Waals surface area contributed by atoms with E-state index in [1.165, 1.54) is 0 Å². The summed E-state index contributed by atoms with van der Waals surface area (Å²) in [6, 6.07) is 5.57. The maximum atomic E-state index is 6.00. The van der Waals surface area contributed by atoms with Gasteiger partial charge in [0.05, 0.1) is 22.3 Å². The number of nitrogen functional groups attached to an aromatic ring is 1. The van der Waals surface area contributed by atoms with Crippen LogP contribution in [0.4, 0.5) is 5.82 Å². The highest BCUT2D eigenvalue weighted by Gasteiger charge is 2.13. The third kappa shape index (κ3) is 2.26. The molecule has 2 aromatic rings. The Hall–Kier alpha value is -1.19. The van der Waals surface area contributed by atoms with E-state index in [1.807, 2.05) is 26.0 Å². The summed E-state index contributed by atoms with van der Waals surface area (Å²) in [6.07, 6.45) is 1.75. The number of hydrogen-bond acceptors (Lipinski definition) is 2. The Kier molecular flexibility index (Phi) is 3.31. The summed E-state index contributed by atoms with van der Waals surface area (Å²) in [4.78, 5) is 0. The van der Waals surface area contributed by atoms with Crippen LogP contribution in [0, 0.1) is 6.92 Å². The summed E-state index contributed by atoms with van der Waals surface area (Å²) in [5.74, 6) is 0.670. The van der Waals surface area contributed by atoms with Crippen LogP contribution in [-0.2, 0) is 0 Å². The normalized spacial score (nSPS) is 12.7. The van der Waals surface area contributed by atoms with Crippen LogP contribution in [0.1, 0.15) is 24.1 Å². The average Bonchev–Trinajstić information content (AvgIpc) is 2.63. The molecule has 90 valence electrons. The molecule has 0 aliphatic carbocycles. The van der Waals surface area contributed by atoms with Gasteiger partial charge in [-0.25, -0.2) is 4.68 Å². The minimum atomic E-state index is 0.0264. The predicted octanol–water partition coefficient (Wildman–Crippen LogP) is 3.69. The fraction of sp³-hybridized carbons (Fsp3) is 0.250. The standard InChI is InChI=1S/C12H13Cl2N3/c1-7-6-16-17(12(7)15)8(2)9-3-4-10(13)11(14)5-9/h3-6,8H,15H2,1-2H3. The number of rotatable bonds is 2. The highest BCUT2D eigenvalue weighted by Crippen LogP contribution is 2.28. The van der Waals surface area contributed by atoms with E-state index in [4.69, 9.17) is 28.9 Å². The smallest absolute Gasteiger partial charge is 0.125 e. The predicted molar refractivity (Wildman–Crippen MR) is 71.7 cm³/mol. The molecule has 0 radical (unpaired) electrons. The van der Waals surface area contributed by atoms with Gasteiger partial charge in [-0.1, -0.05) is 29.3 Å². The second kappa shape index (κ2) is 4.59. The fourth-order valence-corrected chi connectivity index (χ4v) is 1.99. The van der Waals surface area contributed by atoms with Crippen molar-refractivity contribution in [3.05, 3.63) is 45.6 Å². The molecule has 2 N–H and O–H groups in total. The van der Waals surface area contributed by atoms with Crippen LogP contribution in [0.15, 0.2) is 24.4 Å². The lowest BCUT2D eigenvalue weighted by Gasteiger charge is -2.15. The zero-order chi connectivity index (χ0) is 12.6. The number of anilines is 1. The molecule has 17 heavy (non-hydrogen) atoms. The summed E-state index contributed by atoms with van der Waals surface area (Å²) < 4.78 is 1.77. The summed E-state index contributed by atoms with van der Waals surface area (Å²) >= 11 is 11.9. The SMILES string of the molecule is Cc1cnn(C(C)c2ccc(Cl)c(Cl)c2)c1N. The molecule has 0 fully saturated rings. The fourth-order valence-electron chi connectivity index (χ4n) is 1.68.